The van der Waals surface area contributed by atoms with Crippen molar-refractivity contribution in [3.63, 3.8) is 0 Å². The van der Waals surface area contributed by atoms with Crippen molar-refractivity contribution in [3.8, 4) is 0 Å². The van der Waals surface area contributed by atoms with E-state index in [0.29, 0.717) is 24.4 Å². The third-order valence-electron chi connectivity index (χ3n) is 4.43. The van der Waals surface area contributed by atoms with E-state index in [1.54, 1.807) is 10.4 Å². The number of halogens is 1. The van der Waals surface area contributed by atoms with Crippen molar-refractivity contribution in [1.29, 1.82) is 0 Å². The van der Waals surface area contributed by atoms with E-state index in [2.05, 4.69) is 12.1 Å². The second kappa shape index (κ2) is 7.17. The number of piperidine rings is 1. The highest BCUT2D eigenvalue weighted by molar-refractivity contribution is 7.88. The number of hydrogen-bond acceptors (Lipinski definition) is 5. The predicted molar refractivity (Wildman–Crippen MR) is 91.8 cm³/mol. The van der Waals surface area contributed by atoms with Gasteiger partial charge in [-0.1, -0.05) is 24.2 Å². The van der Waals surface area contributed by atoms with Crippen LogP contribution in [0.4, 0.5) is 0 Å². The maximum absolute atomic E-state index is 12.8. The molecular formula is C15H22ClN3O3S. The van der Waals surface area contributed by atoms with Gasteiger partial charge >= 0.3 is 0 Å². The Labute approximate surface area is 142 Å². The van der Waals surface area contributed by atoms with E-state index in [1.165, 1.54) is 0 Å². The zero-order valence-corrected chi connectivity index (χ0v) is 14.6. The van der Waals surface area contributed by atoms with Gasteiger partial charge in [0.15, 0.2) is 5.58 Å². The van der Waals surface area contributed by atoms with Crippen LogP contribution in [0.15, 0.2) is 28.8 Å². The lowest BCUT2D eigenvalue weighted by Crippen LogP contribution is -2.51. The molecule has 6 nitrogen and oxygen atoms in total. The summed E-state index contributed by atoms with van der Waals surface area (Å²) in [5.41, 5.74) is 6.87. The third kappa shape index (κ3) is 3.52. The Kier molecular flexibility index (Phi) is 5.67. The fourth-order valence-corrected chi connectivity index (χ4v) is 5.04. The molecule has 23 heavy (non-hydrogen) atoms. The topological polar surface area (TPSA) is 89.4 Å². The first-order valence-corrected chi connectivity index (χ1v) is 9.16. The molecule has 1 aromatic heterocycles. The average Bonchev–Trinajstić information content (AvgIpc) is 2.90. The van der Waals surface area contributed by atoms with Gasteiger partial charge in [-0.15, -0.1) is 12.4 Å². The van der Waals surface area contributed by atoms with Crippen LogP contribution in [0.3, 0.4) is 0 Å². The van der Waals surface area contributed by atoms with Crippen LogP contribution in [0, 0.1) is 5.92 Å². The van der Waals surface area contributed by atoms with Crippen molar-refractivity contribution in [1.82, 2.24) is 9.46 Å². The molecule has 2 atom stereocenters. The van der Waals surface area contributed by atoms with Crippen LogP contribution < -0.4 is 5.73 Å². The van der Waals surface area contributed by atoms with Crippen LogP contribution >= 0.6 is 12.4 Å². The Balaban J connectivity index is 0.00000192. The first-order valence-electron chi connectivity index (χ1n) is 7.56. The highest BCUT2D eigenvalue weighted by Gasteiger charge is 2.36. The number of benzene rings is 1. The molecule has 128 valence electrons. The number of sulfonamides is 1. The molecule has 1 aliphatic rings. The normalized spacial score (nSPS) is 22.9. The second-order valence-electron chi connectivity index (χ2n) is 5.91. The van der Waals surface area contributed by atoms with Crippen molar-refractivity contribution < 1.29 is 12.9 Å². The Morgan fingerprint density at radius 3 is 2.87 bits per heavy atom. The fourth-order valence-electron chi connectivity index (χ4n) is 3.20. The molecule has 0 spiro atoms. The fraction of sp³-hybridized carbons (Fsp3) is 0.533. The number of nitrogens with zero attached hydrogens (tertiary/aromatic N) is 2. The highest BCUT2D eigenvalue weighted by atomic mass is 35.5. The van der Waals surface area contributed by atoms with Gasteiger partial charge in [0.05, 0.1) is 0 Å². The number of rotatable bonds is 4. The van der Waals surface area contributed by atoms with Crippen molar-refractivity contribution in [2.24, 2.45) is 11.7 Å². The van der Waals surface area contributed by atoms with Gasteiger partial charge in [0.2, 0.25) is 10.0 Å². The van der Waals surface area contributed by atoms with E-state index in [0.717, 1.165) is 18.2 Å². The molecule has 0 radical (unpaired) electrons. The summed E-state index contributed by atoms with van der Waals surface area (Å²) < 4.78 is 32.4. The summed E-state index contributed by atoms with van der Waals surface area (Å²) in [5, 5.41) is 4.68. The van der Waals surface area contributed by atoms with Crippen LogP contribution in [0.5, 0.6) is 0 Å². The zero-order chi connectivity index (χ0) is 15.7. The molecule has 0 aliphatic carbocycles. The molecule has 8 heteroatoms. The van der Waals surface area contributed by atoms with E-state index in [9.17, 15) is 8.42 Å². The Morgan fingerprint density at radius 2 is 2.13 bits per heavy atom. The first-order chi connectivity index (χ1) is 10.5. The summed E-state index contributed by atoms with van der Waals surface area (Å²) in [6.07, 6.45) is 1.89. The van der Waals surface area contributed by atoms with Crippen LogP contribution in [-0.2, 0) is 15.8 Å². The summed E-state index contributed by atoms with van der Waals surface area (Å²) in [7, 11) is -3.46. The van der Waals surface area contributed by atoms with Crippen LogP contribution in [0.1, 0.15) is 25.5 Å². The smallest absolute Gasteiger partial charge is 0.220 e. The van der Waals surface area contributed by atoms with Gasteiger partial charge in [-0.3, -0.25) is 0 Å². The van der Waals surface area contributed by atoms with E-state index in [4.69, 9.17) is 10.3 Å². The molecule has 0 saturated carbocycles. The van der Waals surface area contributed by atoms with Gasteiger partial charge < -0.3 is 10.3 Å². The van der Waals surface area contributed by atoms with E-state index in [1.807, 2.05) is 18.2 Å². The standard InChI is InChI=1S/C15H21N3O3S.ClH/c1-11-5-4-8-18(14(11)9-16)22(19,20)10-13-12-6-2-3-7-15(12)21-17-13;/h2-3,6-7,11,14H,4-5,8-10,16H2,1H3;1H. The van der Waals surface area contributed by atoms with Gasteiger partial charge in [0.25, 0.3) is 0 Å². The summed E-state index contributed by atoms with van der Waals surface area (Å²) in [6.45, 7) is 2.94. The summed E-state index contributed by atoms with van der Waals surface area (Å²) >= 11 is 0. The lowest BCUT2D eigenvalue weighted by Gasteiger charge is -2.38. The molecule has 2 aromatic rings. The van der Waals surface area contributed by atoms with Gasteiger partial charge in [0, 0.05) is 24.5 Å². The van der Waals surface area contributed by atoms with Crippen molar-refractivity contribution in [3.05, 3.63) is 30.0 Å². The SMILES string of the molecule is CC1CCCN(S(=O)(=O)Cc2noc3ccccc23)C1CN.Cl. The Bertz CT molecular complexity index is 762. The molecule has 2 unspecified atom stereocenters. The van der Waals surface area contributed by atoms with E-state index in [-0.39, 0.29) is 30.1 Å². The minimum atomic E-state index is -3.46. The number of fused-ring (bicyclic) bond motifs is 1. The van der Waals surface area contributed by atoms with Gasteiger partial charge in [-0.05, 0) is 30.9 Å². The maximum Gasteiger partial charge on any atom is 0.220 e. The molecule has 2 heterocycles. The van der Waals surface area contributed by atoms with Crippen molar-refractivity contribution >= 4 is 33.4 Å². The lowest BCUT2D eigenvalue weighted by atomic mass is 9.93. The van der Waals surface area contributed by atoms with Crippen LogP contribution in [-0.4, -0.2) is 37.0 Å². The average molecular weight is 360 g/mol. The summed E-state index contributed by atoms with van der Waals surface area (Å²) in [6, 6.07) is 7.17. The van der Waals surface area contributed by atoms with E-state index < -0.39 is 10.0 Å². The summed E-state index contributed by atoms with van der Waals surface area (Å²) in [4.78, 5) is 0. The number of hydrogen-bond donors (Lipinski definition) is 1. The van der Waals surface area contributed by atoms with Crippen LogP contribution in [0.25, 0.3) is 11.0 Å². The minimum Gasteiger partial charge on any atom is -0.356 e. The molecule has 3 rings (SSSR count). The highest BCUT2D eigenvalue weighted by Crippen LogP contribution is 2.28. The Morgan fingerprint density at radius 1 is 1.39 bits per heavy atom. The lowest BCUT2D eigenvalue weighted by molar-refractivity contribution is 0.192. The van der Waals surface area contributed by atoms with Crippen molar-refractivity contribution in [2.45, 2.75) is 31.6 Å². The molecular weight excluding hydrogens is 338 g/mol. The Hall–Kier alpha value is -1.15. The molecule has 0 amide bonds. The molecule has 1 aromatic carbocycles. The van der Waals surface area contributed by atoms with Crippen LogP contribution in [0.2, 0.25) is 0 Å². The predicted octanol–water partition coefficient (Wildman–Crippen LogP) is 2.14. The summed E-state index contributed by atoms with van der Waals surface area (Å²) in [5.74, 6) is 0.135. The van der Waals surface area contributed by atoms with Gasteiger partial charge in [-0.2, -0.15) is 4.31 Å². The quantitative estimate of drug-likeness (QED) is 0.903. The first kappa shape index (κ1) is 18.2. The van der Waals surface area contributed by atoms with Gasteiger partial charge in [0.1, 0.15) is 11.4 Å². The minimum absolute atomic E-state index is 0. The van der Waals surface area contributed by atoms with Crippen molar-refractivity contribution in [2.75, 3.05) is 13.1 Å². The number of nitrogens with two attached hydrogens (primary N) is 1. The monoisotopic (exact) mass is 359 g/mol. The van der Waals surface area contributed by atoms with E-state index >= 15 is 0 Å². The van der Waals surface area contributed by atoms with Gasteiger partial charge in [-0.25, -0.2) is 8.42 Å². The molecule has 2 N–H and O–H groups in total. The maximum atomic E-state index is 12.8. The molecule has 0 bridgehead atoms. The third-order valence-corrected chi connectivity index (χ3v) is 6.24. The number of para-hydroxylation sites is 1. The molecule has 1 aliphatic heterocycles. The largest absolute Gasteiger partial charge is 0.356 e. The zero-order valence-electron chi connectivity index (χ0n) is 13.0. The molecule has 1 saturated heterocycles. The molecule has 1 fully saturated rings. The number of aromatic nitrogens is 1. The second-order valence-corrected chi connectivity index (χ2v) is 7.84.